The van der Waals surface area contributed by atoms with Crippen LogP contribution in [0, 0.1) is 12.8 Å². The van der Waals surface area contributed by atoms with Gasteiger partial charge in [-0.05, 0) is 31.9 Å². The van der Waals surface area contributed by atoms with Crippen LogP contribution in [0.25, 0.3) is 0 Å². The van der Waals surface area contributed by atoms with Crippen LogP contribution in [0.15, 0.2) is 29.2 Å². The molecule has 0 saturated heterocycles. The summed E-state index contributed by atoms with van der Waals surface area (Å²) in [6, 6.07) is 6.17. The molecule has 0 aliphatic rings. The normalized spacial score (nSPS) is 13.2. The first-order valence-electron chi connectivity index (χ1n) is 6.50. The fourth-order valence-electron chi connectivity index (χ4n) is 1.99. The van der Waals surface area contributed by atoms with Crippen molar-refractivity contribution in [2.75, 3.05) is 0 Å². The molecular weight excluding hydrogens is 276 g/mol. The van der Waals surface area contributed by atoms with E-state index in [2.05, 4.69) is 0 Å². The van der Waals surface area contributed by atoms with E-state index in [1.165, 1.54) is 12.1 Å². The van der Waals surface area contributed by atoms with Crippen LogP contribution >= 0.6 is 0 Å². The zero-order valence-electron chi connectivity index (χ0n) is 12.2. The number of aryl methyl sites for hydroxylation is 1. The average molecular weight is 296 g/mol. The number of rotatable bonds is 6. The summed E-state index contributed by atoms with van der Waals surface area (Å²) < 4.78 is 24.9. The summed E-state index contributed by atoms with van der Waals surface area (Å²) in [5, 5.41) is -1.59. The highest BCUT2D eigenvalue weighted by Crippen LogP contribution is 2.20. The summed E-state index contributed by atoms with van der Waals surface area (Å²) in [5.74, 6) is -1.15. The number of hydrogen-bond donors (Lipinski definition) is 0. The van der Waals surface area contributed by atoms with Crippen molar-refractivity contribution in [1.29, 1.82) is 0 Å². The maximum atomic E-state index is 12.5. The molecule has 0 N–H and O–H groups in total. The van der Waals surface area contributed by atoms with Gasteiger partial charge in [0.2, 0.25) is 0 Å². The molecule has 110 valence electrons. The highest BCUT2D eigenvalue weighted by atomic mass is 32.2. The number of Topliss-reactive ketones (excluding diaryl/α,β-unsaturated/α-hetero) is 2. The van der Waals surface area contributed by atoms with Crippen LogP contribution < -0.4 is 0 Å². The van der Waals surface area contributed by atoms with E-state index in [0.717, 1.165) is 12.5 Å². The van der Waals surface area contributed by atoms with Gasteiger partial charge in [-0.15, -0.1) is 0 Å². The minimum Gasteiger partial charge on any atom is -0.298 e. The van der Waals surface area contributed by atoms with Crippen molar-refractivity contribution in [1.82, 2.24) is 0 Å². The molecule has 20 heavy (non-hydrogen) atoms. The van der Waals surface area contributed by atoms with Crippen LogP contribution in [-0.2, 0) is 19.4 Å². The number of sulfone groups is 1. The first-order valence-corrected chi connectivity index (χ1v) is 8.04. The van der Waals surface area contributed by atoms with E-state index in [0.29, 0.717) is 0 Å². The second-order valence-electron chi connectivity index (χ2n) is 5.41. The Balaban J connectivity index is 3.23. The monoisotopic (exact) mass is 296 g/mol. The molecule has 5 heteroatoms. The van der Waals surface area contributed by atoms with Crippen LogP contribution in [0.1, 0.15) is 32.8 Å². The van der Waals surface area contributed by atoms with Crippen LogP contribution in [0.2, 0.25) is 0 Å². The zero-order chi connectivity index (χ0) is 15.5. The standard InChI is InChI=1S/C15H20O4S/c1-10(2)9-14(17)15(12(4)16)20(18,19)13-7-5-11(3)6-8-13/h5-8,10,15H,9H2,1-4H3. The molecule has 1 aromatic rings. The molecule has 0 heterocycles. The van der Waals surface area contributed by atoms with Gasteiger partial charge in [0.1, 0.15) is 0 Å². The third-order valence-corrected chi connectivity index (χ3v) is 5.08. The molecule has 0 aromatic heterocycles. The molecule has 1 atom stereocenters. The van der Waals surface area contributed by atoms with Crippen molar-refractivity contribution >= 4 is 21.4 Å². The minimum absolute atomic E-state index is 0.0116. The van der Waals surface area contributed by atoms with Gasteiger partial charge in [-0.25, -0.2) is 8.42 Å². The summed E-state index contributed by atoms with van der Waals surface area (Å²) in [6.45, 7) is 6.61. The van der Waals surface area contributed by atoms with E-state index in [1.807, 2.05) is 20.8 Å². The molecule has 1 unspecified atom stereocenters. The van der Waals surface area contributed by atoms with Crippen molar-refractivity contribution in [2.45, 2.75) is 44.3 Å². The Morgan fingerprint density at radius 3 is 2.00 bits per heavy atom. The number of carbonyl (C=O) groups is 2. The van der Waals surface area contributed by atoms with Crippen LogP contribution in [0.4, 0.5) is 0 Å². The zero-order valence-corrected chi connectivity index (χ0v) is 13.0. The molecule has 4 nitrogen and oxygen atoms in total. The topological polar surface area (TPSA) is 68.3 Å². The number of hydrogen-bond acceptors (Lipinski definition) is 4. The van der Waals surface area contributed by atoms with Crippen LogP contribution in [-0.4, -0.2) is 25.2 Å². The van der Waals surface area contributed by atoms with Gasteiger partial charge in [-0.3, -0.25) is 9.59 Å². The summed E-state index contributed by atoms with van der Waals surface area (Å²) >= 11 is 0. The van der Waals surface area contributed by atoms with Gasteiger partial charge >= 0.3 is 0 Å². The van der Waals surface area contributed by atoms with Crippen LogP contribution in [0.3, 0.4) is 0 Å². The molecule has 0 fully saturated rings. The molecule has 0 spiro atoms. The second kappa shape index (κ2) is 6.31. The van der Waals surface area contributed by atoms with Gasteiger partial charge in [-0.1, -0.05) is 31.5 Å². The van der Waals surface area contributed by atoms with E-state index < -0.39 is 26.7 Å². The van der Waals surface area contributed by atoms with Crippen molar-refractivity contribution in [2.24, 2.45) is 5.92 Å². The van der Waals surface area contributed by atoms with E-state index >= 15 is 0 Å². The fourth-order valence-corrected chi connectivity index (χ4v) is 3.66. The van der Waals surface area contributed by atoms with Crippen molar-refractivity contribution in [3.05, 3.63) is 29.8 Å². The lowest BCUT2D eigenvalue weighted by molar-refractivity contribution is -0.125. The highest BCUT2D eigenvalue weighted by Gasteiger charge is 2.37. The van der Waals surface area contributed by atoms with E-state index in [4.69, 9.17) is 0 Å². The molecular formula is C15H20O4S. The summed E-state index contributed by atoms with van der Waals surface area (Å²) in [5.41, 5.74) is 0.914. The predicted molar refractivity (Wildman–Crippen MR) is 77.3 cm³/mol. The van der Waals surface area contributed by atoms with Crippen molar-refractivity contribution < 1.29 is 18.0 Å². The molecule has 0 bridgehead atoms. The Morgan fingerprint density at radius 1 is 1.10 bits per heavy atom. The molecule has 0 aliphatic heterocycles. The Kier molecular flexibility index (Phi) is 5.22. The number of benzene rings is 1. The van der Waals surface area contributed by atoms with E-state index in [9.17, 15) is 18.0 Å². The molecule has 0 saturated carbocycles. The Hall–Kier alpha value is -1.49. The Labute approximate surface area is 120 Å². The SMILES string of the molecule is CC(=O)C(C(=O)CC(C)C)S(=O)(=O)c1ccc(C)cc1. The first-order chi connectivity index (χ1) is 9.16. The number of ketones is 2. The number of carbonyl (C=O) groups excluding carboxylic acids is 2. The van der Waals surface area contributed by atoms with Gasteiger partial charge in [0, 0.05) is 6.42 Å². The Morgan fingerprint density at radius 2 is 1.60 bits per heavy atom. The van der Waals surface area contributed by atoms with Gasteiger partial charge in [0.05, 0.1) is 4.90 Å². The fraction of sp³-hybridized carbons (Fsp3) is 0.467. The Bertz CT molecular complexity index is 597. The summed E-state index contributed by atoms with van der Waals surface area (Å²) in [6.07, 6.45) is 0.0787. The van der Waals surface area contributed by atoms with Crippen molar-refractivity contribution in [3.63, 3.8) is 0 Å². The molecule has 1 rings (SSSR count). The van der Waals surface area contributed by atoms with Gasteiger partial charge in [0.25, 0.3) is 0 Å². The quantitative estimate of drug-likeness (QED) is 0.756. The second-order valence-corrected chi connectivity index (χ2v) is 7.45. The molecule has 1 aromatic carbocycles. The predicted octanol–water partition coefficient (Wildman–Crippen LogP) is 2.34. The summed E-state index contributed by atoms with van der Waals surface area (Å²) in [4.78, 5) is 23.8. The lowest BCUT2D eigenvalue weighted by Crippen LogP contribution is -2.37. The van der Waals surface area contributed by atoms with Crippen molar-refractivity contribution in [3.8, 4) is 0 Å². The smallest absolute Gasteiger partial charge is 0.195 e. The highest BCUT2D eigenvalue weighted by molar-refractivity contribution is 7.93. The first kappa shape index (κ1) is 16.6. The molecule has 0 radical (unpaired) electrons. The maximum absolute atomic E-state index is 12.5. The lowest BCUT2D eigenvalue weighted by atomic mass is 10.0. The van der Waals surface area contributed by atoms with Gasteiger partial charge in [0.15, 0.2) is 26.7 Å². The average Bonchev–Trinajstić information content (AvgIpc) is 2.27. The molecule has 0 aliphatic carbocycles. The largest absolute Gasteiger partial charge is 0.298 e. The molecule has 0 amide bonds. The van der Waals surface area contributed by atoms with E-state index in [1.54, 1.807) is 12.1 Å². The maximum Gasteiger partial charge on any atom is 0.195 e. The third kappa shape index (κ3) is 3.76. The van der Waals surface area contributed by atoms with Gasteiger partial charge < -0.3 is 0 Å². The van der Waals surface area contributed by atoms with Crippen LogP contribution in [0.5, 0.6) is 0 Å². The summed E-state index contributed by atoms with van der Waals surface area (Å²) in [7, 11) is -3.96. The third-order valence-electron chi connectivity index (χ3n) is 2.93. The minimum atomic E-state index is -3.96. The van der Waals surface area contributed by atoms with E-state index in [-0.39, 0.29) is 17.2 Å². The van der Waals surface area contributed by atoms with Gasteiger partial charge in [-0.2, -0.15) is 0 Å². The lowest BCUT2D eigenvalue weighted by Gasteiger charge is -2.15.